The molecule has 0 bridgehead atoms. The monoisotopic (exact) mass is 934 g/mol. The lowest BCUT2D eigenvalue weighted by molar-refractivity contribution is -0.275. The molecule has 4 aromatic carbocycles. The van der Waals surface area contributed by atoms with Crippen LogP contribution in [0.25, 0.3) is 0 Å². The third-order valence-electron chi connectivity index (χ3n) is 11.8. The fourth-order valence-electron chi connectivity index (χ4n) is 8.38. The quantitative estimate of drug-likeness (QED) is 0.0979. The van der Waals surface area contributed by atoms with Crippen LogP contribution in [0.2, 0.25) is 0 Å². The molecule has 8 rings (SSSR count). The number of hydrogen-bond acceptors (Lipinski definition) is 10. The molecule has 6 N–H and O–H groups in total. The second-order valence-electron chi connectivity index (χ2n) is 16.3. The average molecular weight is 935 g/mol. The van der Waals surface area contributed by atoms with Gasteiger partial charge >= 0.3 is 24.9 Å². The van der Waals surface area contributed by atoms with Gasteiger partial charge in [0, 0.05) is 35.3 Å². The Bertz CT molecular complexity index is 2440. The molecule has 0 radical (unpaired) electrons. The van der Waals surface area contributed by atoms with Crippen LogP contribution in [-0.4, -0.2) is 61.0 Å². The van der Waals surface area contributed by atoms with Gasteiger partial charge in [0.1, 0.15) is 34.3 Å². The molecule has 0 unspecified atom stereocenters. The normalized spacial score (nSPS) is 22.8. The van der Waals surface area contributed by atoms with Gasteiger partial charge in [-0.1, -0.05) is 0 Å². The second kappa shape index (κ2) is 18.5. The molecular weight excluding hydrogens is 893 g/mol. The van der Waals surface area contributed by atoms with Crippen LogP contribution in [0.5, 0.6) is 11.5 Å². The number of nitrogen functional groups attached to an aromatic ring is 2. The van der Waals surface area contributed by atoms with E-state index in [-0.39, 0.29) is 47.0 Å². The third-order valence-corrected chi connectivity index (χ3v) is 11.8. The van der Waals surface area contributed by atoms with Crippen LogP contribution in [0.15, 0.2) is 84.9 Å². The van der Waals surface area contributed by atoms with Crippen molar-refractivity contribution in [1.29, 1.82) is 0 Å². The van der Waals surface area contributed by atoms with Crippen molar-refractivity contribution in [2.75, 3.05) is 45.0 Å². The fourth-order valence-corrected chi connectivity index (χ4v) is 8.38. The number of anilines is 6. The maximum atomic E-state index is 13.2. The molecule has 4 aliphatic rings. The van der Waals surface area contributed by atoms with E-state index >= 15 is 0 Å². The van der Waals surface area contributed by atoms with E-state index < -0.39 is 65.2 Å². The van der Waals surface area contributed by atoms with Gasteiger partial charge in [-0.3, -0.25) is 19.4 Å². The van der Waals surface area contributed by atoms with Gasteiger partial charge in [-0.15, -0.1) is 26.3 Å². The van der Waals surface area contributed by atoms with Crippen molar-refractivity contribution in [3.8, 4) is 11.5 Å². The summed E-state index contributed by atoms with van der Waals surface area (Å²) < 4.78 is 120. The minimum absolute atomic E-state index is 0.0248. The molecule has 0 atom stereocenters. The Morgan fingerprint density at radius 2 is 0.970 bits per heavy atom. The molecule has 0 aromatic heterocycles. The summed E-state index contributed by atoms with van der Waals surface area (Å²) in [5.74, 6) is -3.30. The number of nitrogens with two attached hydrogens (primary N) is 2. The van der Waals surface area contributed by atoms with Crippen LogP contribution in [-0.2, 0) is 19.1 Å². The maximum absolute atomic E-state index is 13.2. The van der Waals surface area contributed by atoms with Crippen LogP contribution in [0.4, 0.5) is 78.8 Å². The van der Waals surface area contributed by atoms with Gasteiger partial charge in [0.15, 0.2) is 0 Å². The number of rotatable bonds is 8. The number of halogens is 8. The van der Waals surface area contributed by atoms with E-state index in [0.29, 0.717) is 69.3 Å². The summed E-state index contributed by atoms with van der Waals surface area (Å²) in [5.41, 5.74) is 11.4. The van der Waals surface area contributed by atoms with E-state index in [1.54, 1.807) is 0 Å². The van der Waals surface area contributed by atoms with Gasteiger partial charge in [0.05, 0.1) is 35.8 Å². The van der Waals surface area contributed by atoms with Gasteiger partial charge in [0.2, 0.25) is 11.8 Å². The first-order valence-corrected chi connectivity index (χ1v) is 20.5. The fraction of sp³-hybridized carbons (Fsp3) is 0.364. The van der Waals surface area contributed by atoms with E-state index in [2.05, 4.69) is 20.1 Å². The van der Waals surface area contributed by atoms with Crippen LogP contribution in [0.3, 0.4) is 0 Å². The highest BCUT2D eigenvalue weighted by Gasteiger charge is 2.50. The van der Waals surface area contributed by atoms with Crippen LogP contribution in [0, 0.1) is 23.5 Å². The average Bonchev–Trinajstić information content (AvgIpc) is 3.74. The lowest BCUT2D eigenvalue weighted by Crippen LogP contribution is -2.41. The van der Waals surface area contributed by atoms with E-state index in [0.717, 1.165) is 24.3 Å². The Hall–Kier alpha value is -7.00. The summed E-state index contributed by atoms with van der Waals surface area (Å²) in [5, 5.41) is 5.21. The van der Waals surface area contributed by atoms with Crippen molar-refractivity contribution in [2.45, 2.75) is 75.3 Å². The first-order chi connectivity index (χ1) is 31.1. The van der Waals surface area contributed by atoms with Gasteiger partial charge < -0.3 is 41.0 Å². The molecule has 14 nitrogen and oxygen atoms in total. The highest BCUT2D eigenvalue weighted by Crippen LogP contribution is 2.43. The number of ether oxygens (including phenoxy) is 4. The number of benzene rings is 4. The lowest BCUT2D eigenvalue weighted by Gasteiger charge is -2.34. The predicted octanol–water partition coefficient (Wildman–Crippen LogP) is 9.66. The summed E-state index contributed by atoms with van der Waals surface area (Å²) in [6.45, 7) is 0.592. The van der Waals surface area contributed by atoms with E-state index in [4.69, 9.17) is 20.9 Å². The van der Waals surface area contributed by atoms with E-state index in [9.17, 15) is 54.3 Å². The van der Waals surface area contributed by atoms with Crippen molar-refractivity contribution in [3.05, 3.63) is 96.6 Å². The topological polar surface area (TPSA) is 188 Å². The van der Waals surface area contributed by atoms with Crippen molar-refractivity contribution in [3.63, 3.8) is 0 Å². The zero-order valence-corrected chi connectivity index (χ0v) is 34.6. The summed E-state index contributed by atoms with van der Waals surface area (Å²) >= 11 is 0. The van der Waals surface area contributed by atoms with Gasteiger partial charge in [-0.25, -0.2) is 18.4 Å². The highest BCUT2D eigenvalue weighted by molar-refractivity contribution is 5.97. The van der Waals surface area contributed by atoms with Gasteiger partial charge in [0.25, 0.3) is 0 Å². The summed E-state index contributed by atoms with van der Waals surface area (Å²) in [6.07, 6.45) is -7.24. The number of amides is 4. The number of hydrogen-bond donors (Lipinski definition) is 4. The zero-order valence-electron chi connectivity index (χ0n) is 34.6. The summed E-state index contributed by atoms with van der Waals surface area (Å²) in [4.78, 5) is 53.1. The molecule has 2 spiro atoms. The molecule has 2 aliphatic carbocycles. The Morgan fingerprint density at radius 1 is 0.576 bits per heavy atom. The SMILES string of the molecule is Nc1cc(OC(F)(F)F)ccc1NC(=O)C1CCC2(CC1)CN(c1ccc(F)cc1)C(=O)O2.Nc1ccc(OC(F)(F)F)cc1NC(=O)C1CCC2(CC1)CN(c1ccc(F)cc1)C(=O)O2. The van der Waals surface area contributed by atoms with Crippen LogP contribution in [0.1, 0.15) is 51.4 Å². The number of carbonyl (C=O) groups is 4. The van der Waals surface area contributed by atoms with Crippen LogP contribution >= 0.6 is 0 Å². The van der Waals surface area contributed by atoms with E-state index in [1.165, 1.54) is 70.5 Å². The van der Waals surface area contributed by atoms with Gasteiger partial charge in [-0.2, -0.15) is 0 Å². The maximum Gasteiger partial charge on any atom is 0.573 e. The van der Waals surface area contributed by atoms with Crippen LogP contribution < -0.4 is 41.4 Å². The van der Waals surface area contributed by atoms with Gasteiger partial charge in [-0.05, 0) is 124 Å². The number of nitrogens with one attached hydrogen (secondary N) is 2. The van der Waals surface area contributed by atoms with Crippen molar-refractivity contribution in [1.82, 2.24) is 0 Å². The molecule has 22 heteroatoms. The summed E-state index contributed by atoms with van der Waals surface area (Å²) in [7, 11) is 0. The third kappa shape index (κ3) is 11.4. The standard InChI is InChI=1S/2C22H21F4N3O4/c23-14-1-3-15(4-2-14)29-12-21(33-20(29)31)9-7-13(8-10-21)19(30)28-18-6-5-16(11-17(18)27)32-22(24,25)26;23-14-1-3-15(4-2-14)29-12-21(33-20(29)31)9-7-13(8-10-21)19(30)28-18-11-16(5-6-17(18)27)32-22(24,25)26/h2*1-6,11,13H,7-10,12,27H2,(H,28,30). The largest absolute Gasteiger partial charge is 0.573 e. The Morgan fingerprint density at radius 3 is 1.38 bits per heavy atom. The number of carbonyl (C=O) groups excluding carboxylic acids is 4. The minimum atomic E-state index is -4.87. The Labute approximate surface area is 371 Å². The number of nitrogens with zero attached hydrogens (tertiary/aromatic N) is 2. The molecule has 4 amide bonds. The van der Waals surface area contributed by atoms with Crippen molar-refractivity contribution < 1.29 is 73.2 Å². The molecule has 4 aromatic rings. The molecule has 2 saturated heterocycles. The first-order valence-electron chi connectivity index (χ1n) is 20.5. The molecule has 352 valence electrons. The Kier molecular flexibility index (Phi) is 13.1. The second-order valence-corrected chi connectivity index (χ2v) is 16.3. The smallest absolute Gasteiger partial charge is 0.441 e. The predicted molar refractivity (Wildman–Crippen MR) is 222 cm³/mol. The molecular formula is C44H42F8N6O8. The first kappa shape index (κ1) is 47.0. The zero-order chi connectivity index (χ0) is 47.6. The number of alkyl halides is 6. The molecule has 2 saturated carbocycles. The van der Waals surface area contributed by atoms with Crippen molar-refractivity contribution in [2.24, 2.45) is 11.8 Å². The molecule has 4 fully saturated rings. The molecule has 2 aliphatic heterocycles. The highest BCUT2D eigenvalue weighted by atomic mass is 19.4. The summed E-state index contributed by atoms with van der Waals surface area (Å²) in [6, 6.07) is 17.6. The molecule has 2 heterocycles. The minimum Gasteiger partial charge on any atom is -0.441 e. The Balaban J connectivity index is 0.000000196. The van der Waals surface area contributed by atoms with E-state index in [1.807, 2.05) is 0 Å². The lowest BCUT2D eigenvalue weighted by atomic mass is 9.78. The van der Waals surface area contributed by atoms with Crippen molar-refractivity contribution >= 4 is 58.1 Å². The molecule has 66 heavy (non-hydrogen) atoms.